The van der Waals surface area contributed by atoms with E-state index in [1.807, 2.05) is 39.8 Å². The van der Waals surface area contributed by atoms with Crippen molar-refractivity contribution in [2.45, 2.75) is 64.8 Å². The summed E-state index contributed by atoms with van der Waals surface area (Å²) >= 11 is 0. The van der Waals surface area contributed by atoms with Gasteiger partial charge < -0.3 is 14.4 Å². The third kappa shape index (κ3) is 3.05. The highest BCUT2D eigenvalue weighted by Gasteiger charge is 2.52. The van der Waals surface area contributed by atoms with E-state index >= 15 is 0 Å². The Labute approximate surface area is 121 Å². The highest BCUT2D eigenvalue weighted by Crippen LogP contribution is 2.36. The molecule has 0 bridgehead atoms. The minimum absolute atomic E-state index is 0.388. The van der Waals surface area contributed by atoms with E-state index < -0.39 is 12.7 Å². The summed E-state index contributed by atoms with van der Waals surface area (Å²) in [7, 11) is -0.487. The second kappa shape index (κ2) is 4.83. The molecule has 0 unspecified atom stereocenters. The first-order valence-corrected chi connectivity index (χ1v) is 7.04. The first-order chi connectivity index (χ1) is 9.02. The lowest BCUT2D eigenvalue weighted by Crippen LogP contribution is -2.41. The normalized spacial score (nSPS) is 21.2. The van der Waals surface area contributed by atoms with Crippen molar-refractivity contribution in [3.05, 3.63) is 23.9 Å². The maximum absolute atomic E-state index is 10.0. The molecule has 1 saturated heterocycles. The molecule has 0 aliphatic carbocycles. The van der Waals surface area contributed by atoms with Crippen molar-refractivity contribution >= 4 is 12.7 Å². The predicted octanol–water partition coefficient (Wildman–Crippen LogP) is 1.69. The fraction of sp³-hybridized carbons (Fsp3) is 0.667. The van der Waals surface area contributed by atoms with E-state index in [9.17, 15) is 5.11 Å². The minimum Gasteiger partial charge on any atom is -0.398 e. The van der Waals surface area contributed by atoms with Crippen LogP contribution in [-0.4, -0.2) is 34.0 Å². The Morgan fingerprint density at radius 3 is 2.25 bits per heavy atom. The number of hydrogen-bond donors (Lipinski definition) is 1. The monoisotopic (exact) mass is 277 g/mol. The lowest BCUT2D eigenvalue weighted by atomic mass is 9.78. The second-order valence-corrected chi connectivity index (χ2v) is 7.13. The minimum atomic E-state index is -0.790. The second-order valence-electron chi connectivity index (χ2n) is 7.13. The van der Waals surface area contributed by atoms with Gasteiger partial charge in [-0.15, -0.1) is 0 Å². The zero-order valence-electron chi connectivity index (χ0n) is 13.2. The van der Waals surface area contributed by atoms with E-state index in [4.69, 9.17) is 9.31 Å². The highest BCUT2D eigenvalue weighted by molar-refractivity contribution is 6.61. The van der Waals surface area contributed by atoms with Crippen molar-refractivity contribution < 1.29 is 14.4 Å². The van der Waals surface area contributed by atoms with Crippen LogP contribution < -0.4 is 5.59 Å². The molecule has 1 aliphatic rings. The molecule has 0 saturated carbocycles. The largest absolute Gasteiger partial charge is 0.514 e. The summed E-state index contributed by atoms with van der Waals surface area (Å²) < 4.78 is 12.1. The van der Waals surface area contributed by atoms with Crippen LogP contribution in [0.15, 0.2) is 18.3 Å². The van der Waals surface area contributed by atoms with Crippen molar-refractivity contribution in [2.24, 2.45) is 0 Å². The first kappa shape index (κ1) is 15.5. The summed E-state index contributed by atoms with van der Waals surface area (Å²) in [6.07, 6.45) is 2.24. The third-order valence-electron chi connectivity index (χ3n) is 4.03. The van der Waals surface area contributed by atoms with Crippen LogP contribution in [0.5, 0.6) is 0 Å². The van der Waals surface area contributed by atoms with Gasteiger partial charge in [-0.25, -0.2) is 0 Å². The van der Waals surface area contributed by atoms with Gasteiger partial charge in [-0.05, 0) is 53.2 Å². The molecule has 5 heteroatoms. The summed E-state index contributed by atoms with van der Waals surface area (Å²) in [5.41, 5.74) is 0.149. The summed E-state index contributed by atoms with van der Waals surface area (Å²) in [5.74, 6) is 0. The average molecular weight is 277 g/mol. The van der Waals surface area contributed by atoms with Gasteiger partial charge in [0.15, 0.2) is 0 Å². The standard InChI is InChI=1S/C15H24BNO3/c1-13(2,18)10-11-8-7-9-17-12(11)16-19-14(3,4)15(5,6)20-16/h7-9,18H,10H2,1-6H3. The Morgan fingerprint density at radius 2 is 1.75 bits per heavy atom. The van der Waals surface area contributed by atoms with Crippen molar-refractivity contribution in [2.75, 3.05) is 0 Å². The van der Waals surface area contributed by atoms with Gasteiger partial charge in [0.05, 0.1) is 22.4 Å². The fourth-order valence-corrected chi connectivity index (χ4v) is 2.23. The van der Waals surface area contributed by atoms with Gasteiger partial charge in [-0.2, -0.15) is 0 Å². The number of nitrogens with zero attached hydrogens (tertiary/aromatic N) is 1. The van der Waals surface area contributed by atoms with Gasteiger partial charge in [0.25, 0.3) is 0 Å². The van der Waals surface area contributed by atoms with Gasteiger partial charge in [0.1, 0.15) is 0 Å². The molecule has 1 aromatic heterocycles. The number of rotatable bonds is 3. The molecule has 1 fully saturated rings. The van der Waals surface area contributed by atoms with E-state index in [0.717, 1.165) is 11.2 Å². The van der Waals surface area contributed by atoms with E-state index in [-0.39, 0.29) is 11.2 Å². The van der Waals surface area contributed by atoms with Crippen molar-refractivity contribution in [1.82, 2.24) is 4.98 Å². The van der Waals surface area contributed by atoms with Crippen LogP contribution in [0.1, 0.15) is 47.1 Å². The molecule has 1 aromatic rings. The van der Waals surface area contributed by atoms with Crippen LogP contribution >= 0.6 is 0 Å². The first-order valence-electron chi connectivity index (χ1n) is 7.04. The Bertz CT molecular complexity index is 478. The van der Waals surface area contributed by atoms with E-state index in [2.05, 4.69) is 4.98 Å². The van der Waals surface area contributed by atoms with Crippen LogP contribution in [0.4, 0.5) is 0 Å². The van der Waals surface area contributed by atoms with Gasteiger partial charge in [0, 0.05) is 12.6 Å². The Kier molecular flexibility index (Phi) is 3.74. The maximum atomic E-state index is 10.0. The third-order valence-corrected chi connectivity index (χ3v) is 4.03. The van der Waals surface area contributed by atoms with Gasteiger partial charge in [0.2, 0.25) is 0 Å². The lowest BCUT2D eigenvalue weighted by molar-refractivity contribution is 0.00578. The molecule has 4 nitrogen and oxygen atoms in total. The SMILES string of the molecule is CC(C)(O)Cc1cccnc1B1OC(C)(C)C(C)(C)O1. The molecule has 0 atom stereocenters. The summed E-state index contributed by atoms with van der Waals surface area (Å²) in [6.45, 7) is 11.6. The predicted molar refractivity (Wildman–Crippen MR) is 80.0 cm³/mol. The summed E-state index contributed by atoms with van der Waals surface area (Å²) in [5, 5.41) is 10.0. The quantitative estimate of drug-likeness (QED) is 0.854. The molecule has 20 heavy (non-hydrogen) atoms. The van der Waals surface area contributed by atoms with Crippen LogP contribution in [0.25, 0.3) is 0 Å². The van der Waals surface area contributed by atoms with Crippen molar-refractivity contribution in [3.63, 3.8) is 0 Å². The Balaban J connectivity index is 2.31. The van der Waals surface area contributed by atoms with Gasteiger partial charge >= 0.3 is 7.12 Å². The number of aliphatic hydroxyl groups is 1. The topological polar surface area (TPSA) is 51.6 Å². The molecule has 1 N–H and O–H groups in total. The fourth-order valence-electron chi connectivity index (χ4n) is 2.23. The molecule has 0 amide bonds. The molecule has 2 rings (SSSR count). The molecule has 0 aromatic carbocycles. The van der Waals surface area contributed by atoms with E-state index in [1.165, 1.54) is 0 Å². The maximum Gasteiger partial charge on any atom is 0.514 e. The molecular formula is C15H24BNO3. The summed E-state index contributed by atoms with van der Waals surface area (Å²) in [6, 6.07) is 3.83. The number of aromatic nitrogens is 1. The van der Waals surface area contributed by atoms with Crippen LogP contribution in [0.3, 0.4) is 0 Å². The molecular weight excluding hydrogens is 253 g/mol. The smallest absolute Gasteiger partial charge is 0.398 e. The molecule has 0 spiro atoms. The van der Waals surface area contributed by atoms with E-state index in [1.54, 1.807) is 20.0 Å². The van der Waals surface area contributed by atoms with E-state index in [0.29, 0.717) is 6.42 Å². The zero-order valence-corrected chi connectivity index (χ0v) is 13.2. The molecule has 110 valence electrons. The average Bonchev–Trinajstić information content (AvgIpc) is 2.46. The number of hydrogen-bond acceptors (Lipinski definition) is 4. The molecule has 0 radical (unpaired) electrons. The Morgan fingerprint density at radius 1 is 1.20 bits per heavy atom. The van der Waals surface area contributed by atoms with Crippen LogP contribution in [-0.2, 0) is 15.7 Å². The summed E-state index contributed by atoms with van der Waals surface area (Å²) in [4.78, 5) is 4.41. The van der Waals surface area contributed by atoms with Crippen molar-refractivity contribution in [1.29, 1.82) is 0 Å². The zero-order chi connectivity index (χ0) is 15.2. The van der Waals surface area contributed by atoms with Gasteiger partial charge in [-0.3, -0.25) is 4.98 Å². The van der Waals surface area contributed by atoms with Gasteiger partial charge in [-0.1, -0.05) is 6.07 Å². The molecule has 2 heterocycles. The Hall–Kier alpha value is -0.905. The number of pyridine rings is 1. The van der Waals surface area contributed by atoms with Crippen LogP contribution in [0.2, 0.25) is 0 Å². The highest BCUT2D eigenvalue weighted by atomic mass is 16.7. The van der Waals surface area contributed by atoms with Crippen LogP contribution in [0, 0.1) is 0 Å². The molecule has 1 aliphatic heterocycles. The lowest BCUT2D eigenvalue weighted by Gasteiger charge is -2.32. The van der Waals surface area contributed by atoms with Crippen molar-refractivity contribution in [3.8, 4) is 0 Å².